The summed E-state index contributed by atoms with van der Waals surface area (Å²) in [6.07, 6.45) is 1.36. The normalized spacial score (nSPS) is 15.7. The lowest BCUT2D eigenvalue weighted by atomic mass is 9.89. The van der Waals surface area contributed by atoms with E-state index in [4.69, 9.17) is 5.11 Å². The van der Waals surface area contributed by atoms with E-state index < -0.39 is 5.97 Å². The van der Waals surface area contributed by atoms with E-state index in [1.165, 1.54) is 12.1 Å². The molecule has 3 N–H and O–H groups in total. The Morgan fingerprint density at radius 1 is 1.15 bits per heavy atom. The third-order valence-electron chi connectivity index (χ3n) is 4.50. The Morgan fingerprint density at radius 3 is 2.77 bits per heavy atom. The second-order valence-electron chi connectivity index (χ2n) is 6.37. The van der Waals surface area contributed by atoms with Crippen LogP contribution in [0.1, 0.15) is 34.3 Å². The summed E-state index contributed by atoms with van der Waals surface area (Å²) in [7, 11) is 0. The fourth-order valence-electron chi connectivity index (χ4n) is 3.06. The molecule has 0 saturated carbocycles. The number of carboxylic acid groups (broad SMARTS) is 1. The summed E-state index contributed by atoms with van der Waals surface area (Å²) < 4.78 is 0. The van der Waals surface area contributed by atoms with Crippen LogP contribution in [0.4, 0.5) is 5.69 Å². The van der Waals surface area contributed by atoms with Crippen LogP contribution in [-0.2, 0) is 22.6 Å². The second-order valence-corrected chi connectivity index (χ2v) is 6.37. The zero-order chi connectivity index (χ0) is 18.5. The van der Waals surface area contributed by atoms with E-state index in [1.807, 2.05) is 24.3 Å². The number of carboxylic acids is 1. The monoisotopic (exact) mass is 352 g/mol. The summed E-state index contributed by atoms with van der Waals surface area (Å²) in [5, 5.41) is 14.6. The molecule has 2 amide bonds. The largest absolute Gasteiger partial charge is 0.478 e. The molecule has 2 aromatic carbocycles. The van der Waals surface area contributed by atoms with Crippen LogP contribution in [0.5, 0.6) is 0 Å². The van der Waals surface area contributed by atoms with Gasteiger partial charge >= 0.3 is 5.97 Å². The number of para-hydroxylation sites is 1. The number of fused-ring (bicyclic) bond motifs is 1. The van der Waals surface area contributed by atoms with Crippen LogP contribution in [0.3, 0.4) is 0 Å². The first-order valence-electron chi connectivity index (χ1n) is 8.50. The molecule has 0 radical (unpaired) electrons. The lowest BCUT2D eigenvalue weighted by Gasteiger charge is -2.24. The molecule has 26 heavy (non-hydrogen) atoms. The van der Waals surface area contributed by atoms with E-state index in [-0.39, 0.29) is 36.3 Å². The van der Waals surface area contributed by atoms with Crippen molar-refractivity contribution in [1.29, 1.82) is 0 Å². The molecule has 0 aromatic heterocycles. The zero-order valence-electron chi connectivity index (χ0n) is 14.2. The Hall–Kier alpha value is -3.15. The summed E-state index contributed by atoms with van der Waals surface area (Å²) >= 11 is 0. The number of anilines is 1. The van der Waals surface area contributed by atoms with E-state index in [1.54, 1.807) is 12.1 Å². The number of carbonyl (C=O) groups excluding carboxylic acids is 2. The summed E-state index contributed by atoms with van der Waals surface area (Å²) in [5.74, 6) is -1.42. The molecule has 0 aliphatic carbocycles. The van der Waals surface area contributed by atoms with Crippen molar-refractivity contribution in [2.45, 2.75) is 25.8 Å². The highest BCUT2D eigenvalue weighted by Crippen LogP contribution is 2.27. The molecular weight excluding hydrogens is 332 g/mol. The second kappa shape index (κ2) is 7.82. The summed E-state index contributed by atoms with van der Waals surface area (Å²) in [4.78, 5) is 35.2. The van der Waals surface area contributed by atoms with E-state index in [0.717, 1.165) is 16.8 Å². The minimum Gasteiger partial charge on any atom is -0.478 e. The van der Waals surface area contributed by atoms with Crippen molar-refractivity contribution >= 4 is 23.5 Å². The quantitative estimate of drug-likeness (QED) is 0.745. The number of hydrogen-bond donors (Lipinski definition) is 3. The van der Waals surface area contributed by atoms with E-state index in [2.05, 4.69) is 10.6 Å². The average molecular weight is 352 g/mol. The Morgan fingerprint density at radius 2 is 1.96 bits per heavy atom. The van der Waals surface area contributed by atoms with Crippen LogP contribution >= 0.6 is 0 Å². The van der Waals surface area contributed by atoms with Crippen LogP contribution in [0.15, 0.2) is 48.5 Å². The highest BCUT2D eigenvalue weighted by molar-refractivity contribution is 5.96. The van der Waals surface area contributed by atoms with Gasteiger partial charge in [0.2, 0.25) is 11.8 Å². The minimum atomic E-state index is -0.998. The highest BCUT2D eigenvalue weighted by Gasteiger charge is 2.26. The summed E-state index contributed by atoms with van der Waals surface area (Å²) in [6, 6.07) is 14.1. The van der Waals surface area contributed by atoms with Crippen molar-refractivity contribution in [2.75, 3.05) is 5.32 Å². The molecule has 3 rings (SSSR count). The number of benzene rings is 2. The van der Waals surface area contributed by atoms with Gasteiger partial charge in [-0.05, 0) is 42.2 Å². The third kappa shape index (κ3) is 4.27. The van der Waals surface area contributed by atoms with Gasteiger partial charge in [0.1, 0.15) is 0 Å². The topological polar surface area (TPSA) is 95.5 Å². The predicted octanol–water partition coefficient (Wildman–Crippen LogP) is 2.59. The molecule has 1 aliphatic rings. The van der Waals surface area contributed by atoms with Gasteiger partial charge in [-0.3, -0.25) is 9.59 Å². The minimum absolute atomic E-state index is 0.0503. The highest BCUT2D eigenvalue weighted by atomic mass is 16.4. The predicted molar refractivity (Wildman–Crippen MR) is 96.7 cm³/mol. The van der Waals surface area contributed by atoms with E-state index in [0.29, 0.717) is 12.8 Å². The Labute approximate surface area is 151 Å². The first kappa shape index (κ1) is 17.7. The SMILES string of the molecule is O=C(CCC1Cc2ccccc2NC1=O)NCc1cccc(C(=O)O)c1. The van der Waals surface area contributed by atoms with Gasteiger partial charge in [0.25, 0.3) is 0 Å². The Kier molecular flexibility index (Phi) is 5.31. The van der Waals surface area contributed by atoms with Crippen molar-refractivity contribution in [3.63, 3.8) is 0 Å². The molecule has 0 spiro atoms. The van der Waals surface area contributed by atoms with Gasteiger partial charge in [-0.25, -0.2) is 4.79 Å². The number of rotatable bonds is 6. The number of hydrogen-bond acceptors (Lipinski definition) is 3. The van der Waals surface area contributed by atoms with Crippen molar-refractivity contribution < 1.29 is 19.5 Å². The molecule has 0 bridgehead atoms. The van der Waals surface area contributed by atoms with Crippen LogP contribution in [0.2, 0.25) is 0 Å². The standard InChI is InChI=1S/C20H20N2O4/c23-18(21-12-13-4-3-6-16(10-13)20(25)26)9-8-15-11-14-5-1-2-7-17(14)22-19(15)24/h1-7,10,15H,8-9,11-12H2,(H,21,23)(H,22,24)(H,25,26). The van der Waals surface area contributed by atoms with E-state index in [9.17, 15) is 14.4 Å². The fourth-order valence-corrected chi connectivity index (χ4v) is 3.06. The molecule has 1 aliphatic heterocycles. The maximum absolute atomic E-state index is 12.2. The maximum Gasteiger partial charge on any atom is 0.335 e. The molecule has 0 fully saturated rings. The number of carbonyl (C=O) groups is 3. The number of amides is 2. The number of nitrogens with one attached hydrogen (secondary N) is 2. The fraction of sp³-hybridized carbons (Fsp3) is 0.250. The van der Waals surface area contributed by atoms with Crippen LogP contribution in [0, 0.1) is 5.92 Å². The van der Waals surface area contributed by atoms with Crippen molar-refractivity contribution in [3.05, 3.63) is 65.2 Å². The van der Waals surface area contributed by atoms with Gasteiger partial charge < -0.3 is 15.7 Å². The Bertz CT molecular complexity index is 847. The molecule has 6 heteroatoms. The van der Waals surface area contributed by atoms with Crippen molar-refractivity contribution in [3.8, 4) is 0 Å². The van der Waals surface area contributed by atoms with Crippen LogP contribution in [0.25, 0.3) is 0 Å². The van der Waals surface area contributed by atoms with Gasteiger partial charge in [0.05, 0.1) is 5.56 Å². The molecule has 1 atom stereocenters. The molecule has 1 unspecified atom stereocenters. The van der Waals surface area contributed by atoms with Gasteiger partial charge in [-0.2, -0.15) is 0 Å². The third-order valence-corrected chi connectivity index (χ3v) is 4.50. The first-order chi connectivity index (χ1) is 12.5. The first-order valence-corrected chi connectivity index (χ1v) is 8.50. The Balaban J connectivity index is 1.49. The van der Waals surface area contributed by atoms with Gasteiger partial charge in [-0.1, -0.05) is 30.3 Å². The summed E-state index contributed by atoms with van der Waals surface area (Å²) in [6.45, 7) is 0.264. The van der Waals surface area contributed by atoms with E-state index >= 15 is 0 Å². The maximum atomic E-state index is 12.2. The zero-order valence-corrected chi connectivity index (χ0v) is 14.2. The summed E-state index contributed by atoms with van der Waals surface area (Å²) in [5.41, 5.74) is 2.84. The molecule has 6 nitrogen and oxygen atoms in total. The molecule has 1 heterocycles. The molecule has 134 valence electrons. The lowest BCUT2D eigenvalue weighted by molar-refractivity contribution is -0.123. The average Bonchev–Trinajstić information content (AvgIpc) is 2.65. The van der Waals surface area contributed by atoms with Gasteiger partial charge in [0, 0.05) is 24.6 Å². The van der Waals surface area contributed by atoms with Gasteiger partial charge in [0.15, 0.2) is 0 Å². The smallest absolute Gasteiger partial charge is 0.335 e. The molecular formula is C20H20N2O4. The lowest BCUT2D eigenvalue weighted by Crippen LogP contribution is -2.31. The van der Waals surface area contributed by atoms with Crippen LogP contribution in [-0.4, -0.2) is 22.9 Å². The molecule has 2 aromatic rings. The van der Waals surface area contributed by atoms with Gasteiger partial charge in [-0.15, -0.1) is 0 Å². The molecule has 0 saturated heterocycles. The van der Waals surface area contributed by atoms with Crippen LogP contribution < -0.4 is 10.6 Å². The van der Waals surface area contributed by atoms with Crippen molar-refractivity contribution in [2.24, 2.45) is 5.92 Å². The number of aromatic carboxylic acids is 1. The van der Waals surface area contributed by atoms with Crippen molar-refractivity contribution in [1.82, 2.24) is 5.32 Å².